The van der Waals surface area contributed by atoms with Crippen molar-refractivity contribution in [3.05, 3.63) is 0 Å². The average Bonchev–Trinajstić information content (AvgIpc) is 2.17. The number of hydrogen-bond donors (Lipinski definition) is 3. The molecule has 0 aromatic carbocycles. The summed E-state index contributed by atoms with van der Waals surface area (Å²) in [5, 5.41) is 8.71. The predicted octanol–water partition coefficient (Wildman–Crippen LogP) is -0.149. The van der Waals surface area contributed by atoms with E-state index in [1.807, 2.05) is 4.90 Å². The zero-order valence-corrected chi connectivity index (χ0v) is 9.32. The molecule has 5 N–H and O–H groups in total. The Bertz CT molecular complexity index is 155. The fourth-order valence-corrected chi connectivity index (χ4v) is 1.42. The van der Waals surface area contributed by atoms with Crippen molar-refractivity contribution in [1.29, 1.82) is 0 Å². The zero-order valence-electron chi connectivity index (χ0n) is 9.32. The van der Waals surface area contributed by atoms with Crippen molar-refractivity contribution in [2.75, 3.05) is 32.7 Å². The highest BCUT2D eigenvalue weighted by atomic mass is 16.4. The molecule has 0 aromatic heterocycles. The van der Waals surface area contributed by atoms with E-state index in [2.05, 4.69) is 0 Å². The van der Waals surface area contributed by atoms with Gasteiger partial charge in [-0.1, -0.05) is 0 Å². The van der Waals surface area contributed by atoms with Gasteiger partial charge < -0.3 is 16.6 Å². The van der Waals surface area contributed by atoms with E-state index in [1.54, 1.807) is 0 Å². The van der Waals surface area contributed by atoms with Crippen molar-refractivity contribution in [2.45, 2.75) is 25.7 Å². The number of carbonyl (C=O) groups is 1. The van der Waals surface area contributed by atoms with Gasteiger partial charge in [0.15, 0.2) is 0 Å². The molecule has 0 spiro atoms. The molecule has 0 radical (unpaired) electrons. The summed E-state index contributed by atoms with van der Waals surface area (Å²) in [6, 6.07) is 0. The fourth-order valence-electron chi connectivity index (χ4n) is 1.42. The van der Waals surface area contributed by atoms with Crippen LogP contribution < -0.4 is 11.5 Å². The molecular formula is C10H23N3O2. The maximum Gasteiger partial charge on any atom is 0.317 e. The lowest BCUT2D eigenvalue weighted by Crippen LogP contribution is -2.32. The Kier molecular flexibility index (Phi) is 9.46. The summed E-state index contributed by atoms with van der Waals surface area (Å²) in [4.78, 5) is 12.5. The lowest BCUT2D eigenvalue weighted by atomic mass is 10.2. The monoisotopic (exact) mass is 217 g/mol. The summed E-state index contributed by atoms with van der Waals surface area (Å²) in [5.41, 5.74) is 10.8. The van der Waals surface area contributed by atoms with E-state index < -0.39 is 5.97 Å². The molecule has 0 aliphatic rings. The lowest BCUT2D eigenvalue weighted by Gasteiger charge is -2.19. The minimum atomic E-state index is -0.768. The molecule has 0 rings (SSSR count). The Morgan fingerprint density at radius 1 is 1.00 bits per heavy atom. The van der Waals surface area contributed by atoms with Gasteiger partial charge >= 0.3 is 5.97 Å². The van der Waals surface area contributed by atoms with Gasteiger partial charge in [0.25, 0.3) is 0 Å². The van der Waals surface area contributed by atoms with Gasteiger partial charge in [0.05, 0.1) is 6.54 Å². The van der Waals surface area contributed by atoms with Crippen molar-refractivity contribution >= 4 is 5.97 Å². The average molecular weight is 217 g/mol. The Hall–Kier alpha value is -0.650. The highest BCUT2D eigenvalue weighted by Gasteiger charge is 2.08. The van der Waals surface area contributed by atoms with Crippen LogP contribution in [0, 0.1) is 0 Å². The summed E-state index contributed by atoms with van der Waals surface area (Å²) < 4.78 is 0. The van der Waals surface area contributed by atoms with Crippen molar-refractivity contribution in [1.82, 2.24) is 4.90 Å². The third kappa shape index (κ3) is 9.65. The summed E-state index contributed by atoms with van der Waals surface area (Å²) in [7, 11) is 0. The van der Waals surface area contributed by atoms with E-state index in [0.717, 1.165) is 38.8 Å². The zero-order chi connectivity index (χ0) is 11.5. The van der Waals surface area contributed by atoms with Crippen molar-refractivity contribution < 1.29 is 9.90 Å². The molecule has 0 aliphatic heterocycles. The second-order valence-corrected chi connectivity index (χ2v) is 3.66. The molecule has 0 aromatic rings. The third-order valence-corrected chi connectivity index (χ3v) is 2.22. The van der Waals surface area contributed by atoms with Crippen molar-refractivity contribution in [3.63, 3.8) is 0 Å². The van der Waals surface area contributed by atoms with Crippen LogP contribution in [0.3, 0.4) is 0 Å². The number of nitrogens with two attached hydrogens (primary N) is 2. The van der Waals surface area contributed by atoms with Gasteiger partial charge in [-0.05, 0) is 51.9 Å². The molecule has 0 unspecified atom stereocenters. The number of nitrogens with zero attached hydrogens (tertiary/aromatic N) is 1. The fraction of sp³-hybridized carbons (Fsp3) is 0.900. The minimum absolute atomic E-state index is 0.120. The summed E-state index contributed by atoms with van der Waals surface area (Å²) in [6.45, 7) is 3.09. The van der Waals surface area contributed by atoms with E-state index in [-0.39, 0.29) is 6.54 Å². The van der Waals surface area contributed by atoms with Gasteiger partial charge in [-0.3, -0.25) is 9.69 Å². The number of carboxylic acids is 1. The molecule has 90 valence electrons. The van der Waals surface area contributed by atoms with Gasteiger partial charge in [0.2, 0.25) is 0 Å². The summed E-state index contributed by atoms with van der Waals surface area (Å²) >= 11 is 0. The van der Waals surface area contributed by atoms with E-state index in [4.69, 9.17) is 16.6 Å². The van der Waals surface area contributed by atoms with Crippen LogP contribution in [-0.4, -0.2) is 48.7 Å². The first-order valence-electron chi connectivity index (χ1n) is 5.55. The lowest BCUT2D eigenvalue weighted by molar-refractivity contribution is -0.138. The molecule has 0 saturated heterocycles. The quantitative estimate of drug-likeness (QED) is 0.443. The Morgan fingerprint density at radius 2 is 1.47 bits per heavy atom. The van der Waals surface area contributed by atoms with Crippen LogP contribution in [0.2, 0.25) is 0 Å². The molecule has 5 heteroatoms. The highest BCUT2D eigenvalue weighted by molar-refractivity contribution is 5.69. The number of unbranched alkanes of at least 4 members (excludes halogenated alkanes) is 2. The van der Waals surface area contributed by atoms with Crippen molar-refractivity contribution in [2.24, 2.45) is 11.5 Å². The molecule has 5 nitrogen and oxygen atoms in total. The highest BCUT2D eigenvalue weighted by Crippen LogP contribution is 1.98. The molecule has 0 aliphatic carbocycles. The normalized spacial score (nSPS) is 10.9. The summed E-state index contributed by atoms with van der Waals surface area (Å²) in [6.07, 6.45) is 3.83. The first kappa shape index (κ1) is 14.3. The minimum Gasteiger partial charge on any atom is -0.480 e. The smallest absolute Gasteiger partial charge is 0.317 e. The molecule has 15 heavy (non-hydrogen) atoms. The largest absolute Gasteiger partial charge is 0.480 e. The Labute approximate surface area is 91.4 Å². The standard InChI is InChI=1S/C10H23N3O2/c11-5-1-3-7-13(9-10(14)15)8-4-2-6-12/h1-9,11-12H2,(H,14,15). The first-order chi connectivity index (χ1) is 7.20. The number of hydrogen-bond acceptors (Lipinski definition) is 4. The van der Waals surface area contributed by atoms with Crippen LogP contribution in [-0.2, 0) is 4.79 Å². The maximum atomic E-state index is 10.6. The van der Waals surface area contributed by atoms with Gasteiger partial charge in [-0.2, -0.15) is 0 Å². The van der Waals surface area contributed by atoms with Gasteiger partial charge in [0, 0.05) is 0 Å². The van der Waals surface area contributed by atoms with E-state index >= 15 is 0 Å². The van der Waals surface area contributed by atoms with Crippen LogP contribution in [0.5, 0.6) is 0 Å². The Morgan fingerprint density at radius 3 is 1.80 bits per heavy atom. The topological polar surface area (TPSA) is 92.6 Å². The SMILES string of the molecule is NCCCCN(CCCCN)CC(=O)O. The molecule has 0 saturated carbocycles. The molecule has 0 fully saturated rings. The second kappa shape index (κ2) is 9.89. The van der Waals surface area contributed by atoms with Crippen LogP contribution >= 0.6 is 0 Å². The number of aliphatic carboxylic acids is 1. The van der Waals surface area contributed by atoms with Gasteiger partial charge in [-0.15, -0.1) is 0 Å². The maximum absolute atomic E-state index is 10.6. The second-order valence-electron chi connectivity index (χ2n) is 3.66. The van der Waals surface area contributed by atoms with Crippen LogP contribution in [0.1, 0.15) is 25.7 Å². The van der Waals surface area contributed by atoms with E-state index in [1.165, 1.54) is 0 Å². The molecular weight excluding hydrogens is 194 g/mol. The van der Waals surface area contributed by atoms with Crippen LogP contribution in [0.4, 0.5) is 0 Å². The van der Waals surface area contributed by atoms with E-state index in [9.17, 15) is 4.79 Å². The third-order valence-electron chi connectivity index (χ3n) is 2.22. The van der Waals surface area contributed by atoms with Crippen LogP contribution in [0.15, 0.2) is 0 Å². The molecule has 0 atom stereocenters. The molecule has 0 heterocycles. The predicted molar refractivity (Wildman–Crippen MR) is 60.7 cm³/mol. The number of carboxylic acid groups (broad SMARTS) is 1. The van der Waals surface area contributed by atoms with Crippen LogP contribution in [0.25, 0.3) is 0 Å². The Balaban J connectivity index is 3.68. The van der Waals surface area contributed by atoms with Gasteiger partial charge in [0.1, 0.15) is 0 Å². The van der Waals surface area contributed by atoms with Gasteiger partial charge in [-0.25, -0.2) is 0 Å². The molecule has 0 bridgehead atoms. The first-order valence-corrected chi connectivity index (χ1v) is 5.55. The van der Waals surface area contributed by atoms with Crippen molar-refractivity contribution in [3.8, 4) is 0 Å². The number of rotatable bonds is 10. The van der Waals surface area contributed by atoms with E-state index in [0.29, 0.717) is 13.1 Å². The summed E-state index contributed by atoms with van der Waals surface area (Å²) in [5.74, 6) is -0.768. The molecule has 0 amide bonds.